The number of fused-ring (bicyclic) bond motifs is 1. The normalized spacial score (nSPS) is 18.1. The first-order chi connectivity index (χ1) is 27.8. The van der Waals surface area contributed by atoms with Crippen LogP contribution in [0.15, 0.2) is 134 Å². The maximum atomic E-state index is 14.2. The molecule has 1 aliphatic rings. The summed E-state index contributed by atoms with van der Waals surface area (Å²) in [5, 5.41) is -0.158. The molecule has 7 rings (SSSR count). The molecular formula is C44H43N5O8Si. The van der Waals surface area contributed by atoms with Gasteiger partial charge in [-0.2, -0.15) is 0 Å². The van der Waals surface area contributed by atoms with Gasteiger partial charge in [-0.1, -0.05) is 93.6 Å². The molecule has 1 aliphatic heterocycles. The van der Waals surface area contributed by atoms with Crippen molar-refractivity contribution < 1.29 is 37.8 Å². The molecular weight excluding hydrogens is 755 g/mol. The number of esters is 2. The summed E-state index contributed by atoms with van der Waals surface area (Å²) in [7, 11) is -2.38. The van der Waals surface area contributed by atoms with Crippen LogP contribution in [0.4, 0.5) is 5.82 Å². The zero-order chi connectivity index (χ0) is 41.0. The third kappa shape index (κ3) is 8.21. The molecule has 1 saturated heterocycles. The van der Waals surface area contributed by atoms with Gasteiger partial charge in [0.2, 0.25) is 0 Å². The zero-order valence-corrected chi connectivity index (χ0v) is 33.7. The fraction of sp³-hybridized carbons (Fsp3) is 0.250. The van der Waals surface area contributed by atoms with Gasteiger partial charge in [0.05, 0.1) is 24.1 Å². The van der Waals surface area contributed by atoms with Crippen molar-refractivity contribution in [2.45, 2.75) is 63.4 Å². The standard InChI is InChI=1S/C44H43N5O8Si/c1-44(2,3)58(4,5)54-26-33-35(56-42(52)31-22-14-8-15-23-31)36(57-43(53)32-24-16-9-17-25-32)41(55-33)48-28-47-34-37(48)45-27-46-38(34)49(39(50)29-18-10-6-11-19-29)40(51)30-20-12-7-13-21-30/h6-25,27-28,33,35-36,41H,26H2,1-5H3/t33-,35-,36-,41-/m1/s1. The highest BCUT2D eigenvalue weighted by Gasteiger charge is 2.52. The molecule has 0 aliphatic carbocycles. The molecule has 6 aromatic rings. The van der Waals surface area contributed by atoms with Crippen molar-refractivity contribution in [3.05, 3.63) is 156 Å². The Hall–Kier alpha value is -6.35. The highest BCUT2D eigenvalue weighted by atomic mass is 28.4. The van der Waals surface area contributed by atoms with Gasteiger partial charge in [-0.15, -0.1) is 0 Å². The summed E-state index contributed by atoms with van der Waals surface area (Å²) in [5.74, 6) is -2.67. The average molecular weight is 798 g/mol. The van der Waals surface area contributed by atoms with Crippen molar-refractivity contribution in [3.8, 4) is 0 Å². The third-order valence-corrected chi connectivity index (χ3v) is 15.0. The first-order valence-electron chi connectivity index (χ1n) is 18.8. The van der Waals surface area contributed by atoms with E-state index in [4.69, 9.17) is 18.6 Å². The van der Waals surface area contributed by atoms with Gasteiger partial charge in [0.15, 0.2) is 43.7 Å². The number of amides is 2. The number of ether oxygens (including phenoxy) is 3. The summed E-state index contributed by atoms with van der Waals surface area (Å²) in [5.41, 5.74) is 1.30. The van der Waals surface area contributed by atoms with E-state index in [-0.39, 0.29) is 45.3 Å². The summed E-state index contributed by atoms with van der Waals surface area (Å²) in [4.78, 5) is 70.4. The molecule has 0 unspecified atom stereocenters. The van der Waals surface area contributed by atoms with E-state index in [0.717, 1.165) is 4.90 Å². The smallest absolute Gasteiger partial charge is 0.338 e. The number of nitrogens with zero attached hydrogens (tertiary/aromatic N) is 5. The number of imidazole rings is 1. The van der Waals surface area contributed by atoms with Gasteiger partial charge >= 0.3 is 11.9 Å². The Morgan fingerprint density at radius 2 is 1.14 bits per heavy atom. The van der Waals surface area contributed by atoms with Gasteiger partial charge in [-0.3, -0.25) is 14.2 Å². The fourth-order valence-electron chi connectivity index (χ4n) is 6.27. The molecule has 13 nitrogen and oxygen atoms in total. The number of hydrogen-bond donors (Lipinski definition) is 0. The highest BCUT2D eigenvalue weighted by molar-refractivity contribution is 6.74. The predicted octanol–water partition coefficient (Wildman–Crippen LogP) is 7.68. The lowest BCUT2D eigenvalue weighted by Crippen LogP contribution is -2.46. The molecule has 4 aromatic carbocycles. The number of carbonyl (C=O) groups is 4. The van der Waals surface area contributed by atoms with Gasteiger partial charge in [0.1, 0.15) is 12.4 Å². The fourth-order valence-corrected chi connectivity index (χ4v) is 7.28. The Labute approximate surface area is 336 Å². The number of carbonyl (C=O) groups excluding carboxylic acids is 4. The summed E-state index contributed by atoms with van der Waals surface area (Å²) in [6, 6.07) is 33.6. The SMILES string of the molecule is CC(C)(C)[Si](C)(C)OC[C@H]1O[C@@H](n2cnc3c(N(C(=O)c4ccccc4)C(=O)c4ccccc4)ncnc32)[C@H](OC(=O)c2ccccc2)[C@@H]1OC(=O)c1ccccc1. The van der Waals surface area contributed by atoms with Crippen LogP contribution in [0.2, 0.25) is 18.1 Å². The average Bonchev–Trinajstić information content (AvgIpc) is 3.82. The van der Waals surface area contributed by atoms with Gasteiger partial charge in [-0.05, 0) is 66.7 Å². The molecule has 0 saturated carbocycles. The lowest BCUT2D eigenvalue weighted by molar-refractivity contribution is -0.0551. The predicted molar refractivity (Wildman–Crippen MR) is 218 cm³/mol. The Morgan fingerprint density at radius 3 is 1.62 bits per heavy atom. The monoisotopic (exact) mass is 797 g/mol. The summed E-state index contributed by atoms with van der Waals surface area (Å²) in [6.45, 7) is 10.5. The molecule has 3 heterocycles. The van der Waals surface area contributed by atoms with E-state index in [9.17, 15) is 19.2 Å². The molecule has 0 N–H and O–H groups in total. The van der Waals surface area contributed by atoms with Crippen LogP contribution in [-0.4, -0.2) is 76.5 Å². The molecule has 2 amide bonds. The number of aromatic nitrogens is 4. The second kappa shape index (κ2) is 16.6. The van der Waals surface area contributed by atoms with Crippen LogP contribution in [0, 0.1) is 0 Å². The molecule has 0 spiro atoms. The summed E-state index contributed by atoms with van der Waals surface area (Å²) < 4.78 is 27.3. The van der Waals surface area contributed by atoms with Crippen molar-refractivity contribution in [3.63, 3.8) is 0 Å². The first-order valence-corrected chi connectivity index (χ1v) is 21.7. The van der Waals surface area contributed by atoms with E-state index in [0.29, 0.717) is 5.56 Å². The molecule has 0 radical (unpaired) electrons. The highest BCUT2D eigenvalue weighted by Crippen LogP contribution is 2.41. The van der Waals surface area contributed by atoms with Crippen LogP contribution < -0.4 is 4.90 Å². The maximum Gasteiger partial charge on any atom is 0.338 e. The Morgan fingerprint density at radius 1 is 0.672 bits per heavy atom. The van der Waals surface area contributed by atoms with Crippen LogP contribution in [0.3, 0.4) is 0 Å². The lowest BCUT2D eigenvalue weighted by atomic mass is 10.1. The van der Waals surface area contributed by atoms with E-state index in [1.54, 1.807) is 121 Å². The molecule has 296 valence electrons. The van der Waals surface area contributed by atoms with Crippen LogP contribution >= 0.6 is 0 Å². The number of hydrogen-bond acceptors (Lipinski definition) is 11. The Kier molecular flexibility index (Phi) is 11.4. The summed E-state index contributed by atoms with van der Waals surface area (Å²) in [6.07, 6.45) is -1.89. The molecule has 14 heteroatoms. The van der Waals surface area contributed by atoms with Gasteiger partial charge in [0.25, 0.3) is 11.8 Å². The molecule has 0 bridgehead atoms. The van der Waals surface area contributed by atoms with Crippen molar-refractivity contribution in [2.75, 3.05) is 11.5 Å². The number of rotatable bonds is 11. The minimum absolute atomic E-state index is 0.0108. The largest absolute Gasteiger partial charge is 0.452 e. The minimum atomic E-state index is -2.38. The number of anilines is 1. The van der Waals surface area contributed by atoms with E-state index in [1.807, 2.05) is 0 Å². The van der Waals surface area contributed by atoms with E-state index >= 15 is 0 Å². The molecule has 58 heavy (non-hydrogen) atoms. The van der Waals surface area contributed by atoms with E-state index in [1.165, 1.54) is 17.2 Å². The van der Waals surface area contributed by atoms with Crippen molar-refractivity contribution in [2.24, 2.45) is 0 Å². The van der Waals surface area contributed by atoms with Gasteiger partial charge in [-0.25, -0.2) is 29.4 Å². The Bertz CT molecular complexity index is 2360. The van der Waals surface area contributed by atoms with E-state index in [2.05, 4.69) is 48.8 Å². The minimum Gasteiger partial charge on any atom is -0.452 e. The second-order valence-corrected chi connectivity index (χ2v) is 20.1. The number of imide groups is 1. The second-order valence-electron chi connectivity index (χ2n) is 15.3. The lowest BCUT2D eigenvalue weighted by Gasteiger charge is -2.37. The van der Waals surface area contributed by atoms with E-state index < -0.39 is 56.6 Å². The molecule has 4 atom stereocenters. The molecule has 2 aromatic heterocycles. The van der Waals surface area contributed by atoms with Gasteiger partial charge in [0, 0.05) is 11.1 Å². The van der Waals surface area contributed by atoms with Crippen molar-refractivity contribution in [1.29, 1.82) is 0 Å². The topological polar surface area (TPSA) is 152 Å². The van der Waals surface area contributed by atoms with Crippen LogP contribution in [0.25, 0.3) is 11.2 Å². The zero-order valence-electron chi connectivity index (χ0n) is 32.7. The van der Waals surface area contributed by atoms with Crippen LogP contribution in [0.1, 0.15) is 68.4 Å². The summed E-state index contributed by atoms with van der Waals surface area (Å²) >= 11 is 0. The quantitative estimate of drug-likeness (QED) is 0.0721. The van der Waals surface area contributed by atoms with Crippen LogP contribution in [-0.2, 0) is 18.6 Å². The van der Waals surface area contributed by atoms with Crippen LogP contribution in [0.5, 0.6) is 0 Å². The van der Waals surface area contributed by atoms with Crippen molar-refractivity contribution in [1.82, 2.24) is 19.5 Å². The maximum absolute atomic E-state index is 14.2. The molecule has 1 fully saturated rings. The van der Waals surface area contributed by atoms with Crippen molar-refractivity contribution >= 4 is 49.1 Å². The first kappa shape index (κ1) is 39.9. The Balaban J connectivity index is 1.33. The van der Waals surface area contributed by atoms with Gasteiger partial charge < -0.3 is 18.6 Å². The number of benzene rings is 4. The third-order valence-electron chi connectivity index (χ3n) is 10.5.